The van der Waals surface area contributed by atoms with Crippen molar-refractivity contribution in [3.63, 3.8) is 0 Å². The standard InChI is InChI=1S/C15H14F3N7O/c1-3-24-7-11(13(21-24)15(16,17)18)14(26)20-10-4-5-12(9(2)6-10)25-8-19-22-23-25/h4-8H,3H2,1-2H3,(H,20,26). The number of nitrogens with zero attached hydrogens (tertiary/aromatic N) is 6. The van der Waals surface area contributed by atoms with Crippen LogP contribution in [-0.4, -0.2) is 35.9 Å². The monoisotopic (exact) mass is 365 g/mol. The first-order valence-electron chi connectivity index (χ1n) is 7.59. The summed E-state index contributed by atoms with van der Waals surface area (Å²) in [4.78, 5) is 12.3. The first-order valence-corrected chi connectivity index (χ1v) is 7.59. The second-order valence-corrected chi connectivity index (χ2v) is 5.45. The minimum Gasteiger partial charge on any atom is -0.322 e. The highest BCUT2D eigenvalue weighted by atomic mass is 19.4. The number of aromatic nitrogens is 6. The molecule has 0 fully saturated rings. The van der Waals surface area contributed by atoms with Crippen LogP contribution in [0.4, 0.5) is 18.9 Å². The molecule has 136 valence electrons. The van der Waals surface area contributed by atoms with Gasteiger partial charge in [-0.2, -0.15) is 18.3 Å². The van der Waals surface area contributed by atoms with E-state index in [4.69, 9.17) is 0 Å². The zero-order chi connectivity index (χ0) is 18.9. The first kappa shape index (κ1) is 17.6. The van der Waals surface area contributed by atoms with Crippen LogP contribution in [0, 0.1) is 6.92 Å². The number of aryl methyl sites for hydroxylation is 2. The van der Waals surface area contributed by atoms with Crippen LogP contribution in [0.15, 0.2) is 30.7 Å². The molecule has 3 aromatic rings. The maximum absolute atomic E-state index is 13.1. The minimum absolute atomic E-state index is 0.218. The molecule has 0 aliphatic rings. The Labute approximate surface area is 145 Å². The summed E-state index contributed by atoms with van der Waals surface area (Å²) in [6, 6.07) is 4.83. The Hall–Kier alpha value is -3.24. The van der Waals surface area contributed by atoms with Gasteiger partial charge in [0, 0.05) is 18.4 Å². The van der Waals surface area contributed by atoms with E-state index in [-0.39, 0.29) is 6.54 Å². The third-order valence-electron chi connectivity index (χ3n) is 3.65. The van der Waals surface area contributed by atoms with Gasteiger partial charge in [-0.25, -0.2) is 4.68 Å². The molecule has 0 aliphatic heterocycles. The SMILES string of the molecule is CCn1cc(C(=O)Nc2ccc(-n3cnnn3)c(C)c2)c(C(F)(F)F)n1. The predicted octanol–water partition coefficient (Wildman–Crippen LogP) is 2.46. The van der Waals surface area contributed by atoms with Crippen LogP contribution in [0.25, 0.3) is 5.69 Å². The van der Waals surface area contributed by atoms with Gasteiger partial charge in [0.2, 0.25) is 0 Å². The lowest BCUT2D eigenvalue weighted by atomic mass is 10.1. The Balaban J connectivity index is 1.87. The van der Waals surface area contributed by atoms with Crippen molar-refractivity contribution in [2.24, 2.45) is 0 Å². The number of amides is 1. The third kappa shape index (κ3) is 3.41. The Morgan fingerprint density at radius 3 is 2.65 bits per heavy atom. The average Bonchev–Trinajstić information content (AvgIpc) is 3.24. The maximum atomic E-state index is 13.1. The lowest BCUT2D eigenvalue weighted by Gasteiger charge is -2.10. The summed E-state index contributed by atoms with van der Waals surface area (Å²) in [5.41, 5.74) is 0.0281. The molecule has 8 nitrogen and oxygen atoms in total. The van der Waals surface area contributed by atoms with Gasteiger partial charge in [0.15, 0.2) is 5.69 Å². The van der Waals surface area contributed by atoms with Crippen LogP contribution in [0.5, 0.6) is 0 Å². The van der Waals surface area contributed by atoms with Crippen LogP contribution < -0.4 is 5.32 Å². The number of rotatable bonds is 4. The molecule has 11 heteroatoms. The van der Waals surface area contributed by atoms with E-state index in [2.05, 4.69) is 25.9 Å². The molecule has 0 radical (unpaired) electrons. The van der Waals surface area contributed by atoms with Crippen LogP contribution in [0.1, 0.15) is 28.5 Å². The number of anilines is 1. The largest absolute Gasteiger partial charge is 0.435 e. The van der Waals surface area contributed by atoms with Crippen LogP contribution in [-0.2, 0) is 12.7 Å². The lowest BCUT2D eigenvalue weighted by molar-refractivity contribution is -0.141. The summed E-state index contributed by atoms with van der Waals surface area (Å²) in [5, 5.41) is 16.8. The number of halogens is 3. The maximum Gasteiger partial charge on any atom is 0.435 e. The van der Waals surface area contributed by atoms with Crippen molar-refractivity contribution in [1.82, 2.24) is 30.0 Å². The highest BCUT2D eigenvalue weighted by molar-refractivity contribution is 6.05. The minimum atomic E-state index is -4.72. The van der Waals surface area contributed by atoms with Crippen molar-refractivity contribution in [3.8, 4) is 5.69 Å². The fourth-order valence-electron chi connectivity index (χ4n) is 2.42. The van der Waals surface area contributed by atoms with Gasteiger partial charge in [0.25, 0.3) is 5.91 Å². The topological polar surface area (TPSA) is 90.5 Å². The van der Waals surface area contributed by atoms with Crippen molar-refractivity contribution in [3.05, 3.63) is 47.5 Å². The molecular formula is C15H14F3N7O. The molecular weight excluding hydrogens is 351 g/mol. The molecule has 1 amide bonds. The zero-order valence-electron chi connectivity index (χ0n) is 13.8. The molecule has 0 spiro atoms. The molecule has 3 rings (SSSR count). The summed E-state index contributed by atoms with van der Waals surface area (Å²) in [6.07, 6.45) is -2.22. The van der Waals surface area contributed by atoms with E-state index in [0.29, 0.717) is 11.4 Å². The van der Waals surface area contributed by atoms with E-state index >= 15 is 0 Å². The fraction of sp³-hybridized carbons (Fsp3) is 0.267. The highest BCUT2D eigenvalue weighted by Crippen LogP contribution is 2.31. The molecule has 26 heavy (non-hydrogen) atoms. The number of alkyl halides is 3. The van der Waals surface area contributed by atoms with Crippen LogP contribution in [0.3, 0.4) is 0 Å². The number of hydrogen-bond donors (Lipinski definition) is 1. The summed E-state index contributed by atoms with van der Waals surface area (Å²) < 4.78 is 41.8. The van der Waals surface area contributed by atoms with E-state index < -0.39 is 23.3 Å². The molecule has 0 unspecified atom stereocenters. The summed E-state index contributed by atoms with van der Waals surface area (Å²) in [7, 11) is 0. The zero-order valence-corrected chi connectivity index (χ0v) is 13.8. The summed E-state index contributed by atoms with van der Waals surface area (Å²) in [5.74, 6) is -0.883. The van der Waals surface area contributed by atoms with Crippen molar-refractivity contribution >= 4 is 11.6 Å². The molecule has 2 heterocycles. The molecule has 2 aromatic heterocycles. The van der Waals surface area contributed by atoms with Crippen molar-refractivity contribution < 1.29 is 18.0 Å². The Bertz CT molecular complexity index is 931. The number of carbonyl (C=O) groups is 1. The molecule has 0 saturated carbocycles. The van der Waals surface area contributed by atoms with Gasteiger partial charge in [-0.1, -0.05) is 0 Å². The summed E-state index contributed by atoms with van der Waals surface area (Å²) >= 11 is 0. The van der Waals surface area contributed by atoms with E-state index in [1.807, 2.05) is 0 Å². The van der Waals surface area contributed by atoms with Crippen molar-refractivity contribution in [1.29, 1.82) is 0 Å². The van der Waals surface area contributed by atoms with Crippen LogP contribution in [0.2, 0.25) is 0 Å². The fourth-order valence-corrected chi connectivity index (χ4v) is 2.42. The van der Waals surface area contributed by atoms with E-state index in [0.717, 1.165) is 16.4 Å². The quantitative estimate of drug-likeness (QED) is 0.767. The lowest BCUT2D eigenvalue weighted by Crippen LogP contribution is -2.18. The molecule has 0 aliphatic carbocycles. The van der Waals surface area contributed by atoms with Gasteiger partial charge >= 0.3 is 6.18 Å². The number of carbonyl (C=O) groups excluding carboxylic acids is 1. The molecule has 0 bridgehead atoms. The number of hydrogen-bond acceptors (Lipinski definition) is 5. The van der Waals surface area contributed by atoms with Crippen LogP contribution >= 0.6 is 0 Å². The van der Waals surface area contributed by atoms with Gasteiger partial charge < -0.3 is 5.32 Å². The second kappa shape index (κ2) is 6.58. The Morgan fingerprint density at radius 1 is 1.31 bits per heavy atom. The van der Waals surface area contributed by atoms with Gasteiger partial charge in [-0.3, -0.25) is 9.48 Å². The summed E-state index contributed by atoms with van der Waals surface area (Å²) in [6.45, 7) is 3.62. The van der Waals surface area contributed by atoms with Gasteiger partial charge in [-0.05, 0) is 48.0 Å². The number of nitrogens with one attached hydrogen (secondary N) is 1. The van der Waals surface area contributed by atoms with Gasteiger partial charge in [-0.15, -0.1) is 5.10 Å². The van der Waals surface area contributed by atoms with Gasteiger partial charge in [0.1, 0.15) is 6.33 Å². The molecule has 0 saturated heterocycles. The van der Waals surface area contributed by atoms with Crippen molar-refractivity contribution in [2.75, 3.05) is 5.32 Å². The Kier molecular flexibility index (Phi) is 4.45. The molecule has 1 aromatic carbocycles. The van der Waals surface area contributed by atoms with Crippen molar-refractivity contribution in [2.45, 2.75) is 26.6 Å². The molecule has 0 atom stereocenters. The van der Waals surface area contributed by atoms with E-state index in [1.165, 1.54) is 11.0 Å². The smallest absolute Gasteiger partial charge is 0.322 e. The van der Waals surface area contributed by atoms with Gasteiger partial charge in [0.05, 0.1) is 11.3 Å². The molecule has 1 N–H and O–H groups in total. The third-order valence-corrected chi connectivity index (χ3v) is 3.65. The van der Waals surface area contributed by atoms with E-state index in [9.17, 15) is 18.0 Å². The van der Waals surface area contributed by atoms with E-state index in [1.54, 1.807) is 32.0 Å². The Morgan fingerprint density at radius 2 is 2.08 bits per heavy atom. The average molecular weight is 365 g/mol. The normalized spacial score (nSPS) is 11.6. The number of benzene rings is 1. The highest BCUT2D eigenvalue weighted by Gasteiger charge is 2.39. The predicted molar refractivity (Wildman–Crippen MR) is 84.7 cm³/mol. The number of tetrazole rings is 1. The second-order valence-electron chi connectivity index (χ2n) is 5.45. The first-order chi connectivity index (χ1) is 12.3.